The summed E-state index contributed by atoms with van der Waals surface area (Å²) in [4.78, 5) is 11.3. The van der Waals surface area contributed by atoms with E-state index < -0.39 is 0 Å². The molecule has 0 saturated heterocycles. The maximum atomic E-state index is 9.30. The summed E-state index contributed by atoms with van der Waals surface area (Å²) in [5.41, 5.74) is 5.38. The highest BCUT2D eigenvalue weighted by atomic mass is 35.5. The van der Waals surface area contributed by atoms with Crippen LogP contribution in [-0.2, 0) is 0 Å². The van der Waals surface area contributed by atoms with E-state index in [1.807, 2.05) is 6.92 Å². The number of rotatable bonds is 5. The van der Waals surface area contributed by atoms with E-state index in [-0.39, 0.29) is 17.3 Å². The Labute approximate surface area is 92.9 Å². The maximum absolute atomic E-state index is 9.30. The van der Waals surface area contributed by atoms with Gasteiger partial charge in [0.2, 0.25) is 17.2 Å². The molecule has 0 saturated carbocycles. The van der Waals surface area contributed by atoms with Gasteiger partial charge in [-0.1, -0.05) is 6.92 Å². The van der Waals surface area contributed by atoms with Gasteiger partial charge in [0.1, 0.15) is 0 Å². The third-order valence-electron chi connectivity index (χ3n) is 1.86. The fourth-order valence-corrected chi connectivity index (χ4v) is 1.17. The predicted octanol–water partition coefficient (Wildman–Crippen LogP) is 0.680. The third-order valence-corrected chi connectivity index (χ3v) is 2.03. The summed E-state index contributed by atoms with van der Waals surface area (Å²) in [6, 6.07) is 0. The number of aromatic nitrogens is 3. The average molecular weight is 232 g/mol. The van der Waals surface area contributed by atoms with E-state index in [1.54, 1.807) is 0 Å². The minimum Gasteiger partial charge on any atom is -0.393 e. The molecule has 7 heteroatoms. The van der Waals surface area contributed by atoms with Crippen LogP contribution < -0.4 is 11.1 Å². The second kappa shape index (κ2) is 5.67. The van der Waals surface area contributed by atoms with Crippen molar-refractivity contribution >= 4 is 23.5 Å². The quantitative estimate of drug-likeness (QED) is 0.690. The molecule has 0 aliphatic carbocycles. The Bertz CT molecular complexity index is 302. The van der Waals surface area contributed by atoms with Crippen LogP contribution in [0.25, 0.3) is 0 Å². The summed E-state index contributed by atoms with van der Waals surface area (Å²) in [6.45, 7) is 2.48. The van der Waals surface area contributed by atoms with Gasteiger partial charge in [0.05, 0.1) is 6.10 Å². The van der Waals surface area contributed by atoms with Gasteiger partial charge in [-0.25, -0.2) is 0 Å². The number of nitrogens with one attached hydrogen (secondary N) is 1. The van der Waals surface area contributed by atoms with Gasteiger partial charge in [0.25, 0.3) is 0 Å². The molecule has 1 unspecified atom stereocenters. The van der Waals surface area contributed by atoms with Crippen LogP contribution in [0.3, 0.4) is 0 Å². The molecule has 84 valence electrons. The highest BCUT2D eigenvalue weighted by Gasteiger charge is 2.03. The molecule has 1 aromatic heterocycles. The number of nitrogen functional groups attached to an aromatic ring is 1. The van der Waals surface area contributed by atoms with E-state index in [1.165, 1.54) is 0 Å². The number of aliphatic hydroxyl groups excluding tert-OH is 1. The highest BCUT2D eigenvalue weighted by Crippen LogP contribution is 2.07. The second-order valence-corrected chi connectivity index (χ2v) is 3.40. The molecule has 0 aliphatic rings. The van der Waals surface area contributed by atoms with E-state index in [0.717, 1.165) is 6.42 Å². The monoisotopic (exact) mass is 231 g/mol. The van der Waals surface area contributed by atoms with Crippen molar-refractivity contribution in [2.75, 3.05) is 17.6 Å². The standard InChI is InChI=1S/C8H14ClN5O/c1-2-5(15)3-4-11-8-13-6(9)12-7(10)14-8/h5,15H,2-4H2,1H3,(H3,10,11,12,13,14). The molecule has 0 spiro atoms. The molecule has 0 amide bonds. The van der Waals surface area contributed by atoms with Crippen LogP contribution in [0.1, 0.15) is 19.8 Å². The van der Waals surface area contributed by atoms with Crippen LogP contribution in [0.2, 0.25) is 5.28 Å². The lowest BCUT2D eigenvalue weighted by Crippen LogP contribution is -2.14. The largest absolute Gasteiger partial charge is 0.393 e. The van der Waals surface area contributed by atoms with Crippen LogP contribution in [0.4, 0.5) is 11.9 Å². The highest BCUT2D eigenvalue weighted by molar-refractivity contribution is 6.28. The molecule has 6 nitrogen and oxygen atoms in total. The molecule has 0 aliphatic heterocycles. The first-order valence-corrected chi connectivity index (χ1v) is 5.08. The van der Waals surface area contributed by atoms with Crippen molar-refractivity contribution < 1.29 is 5.11 Å². The van der Waals surface area contributed by atoms with Crippen molar-refractivity contribution in [3.05, 3.63) is 5.28 Å². The predicted molar refractivity (Wildman–Crippen MR) is 58.7 cm³/mol. The Kier molecular flexibility index (Phi) is 4.51. The van der Waals surface area contributed by atoms with Crippen molar-refractivity contribution in [1.29, 1.82) is 0 Å². The molecule has 0 aromatic carbocycles. The van der Waals surface area contributed by atoms with Crippen molar-refractivity contribution in [1.82, 2.24) is 15.0 Å². The van der Waals surface area contributed by atoms with E-state index >= 15 is 0 Å². The molecular formula is C8H14ClN5O. The number of hydrogen-bond acceptors (Lipinski definition) is 6. The Morgan fingerprint density at radius 1 is 1.47 bits per heavy atom. The van der Waals surface area contributed by atoms with E-state index in [0.29, 0.717) is 18.9 Å². The second-order valence-electron chi connectivity index (χ2n) is 3.06. The van der Waals surface area contributed by atoms with Gasteiger partial charge in [-0.15, -0.1) is 0 Å². The normalized spacial score (nSPS) is 12.5. The average Bonchev–Trinajstić information content (AvgIpc) is 2.16. The molecule has 1 rings (SSSR count). The van der Waals surface area contributed by atoms with Crippen LogP contribution >= 0.6 is 11.6 Å². The van der Waals surface area contributed by atoms with Gasteiger partial charge in [0.15, 0.2) is 0 Å². The third kappa shape index (κ3) is 4.26. The van der Waals surface area contributed by atoms with Crippen LogP contribution in [0.15, 0.2) is 0 Å². The molecule has 1 aromatic rings. The summed E-state index contributed by atoms with van der Waals surface area (Å²) in [7, 11) is 0. The molecule has 1 heterocycles. The van der Waals surface area contributed by atoms with Gasteiger partial charge in [-0.3, -0.25) is 0 Å². The van der Waals surface area contributed by atoms with Gasteiger partial charge < -0.3 is 16.2 Å². The lowest BCUT2D eigenvalue weighted by atomic mass is 10.2. The molecule has 1 atom stereocenters. The lowest BCUT2D eigenvalue weighted by Gasteiger charge is -2.08. The topological polar surface area (TPSA) is 97.0 Å². The summed E-state index contributed by atoms with van der Waals surface area (Å²) >= 11 is 5.59. The van der Waals surface area contributed by atoms with Crippen molar-refractivity contribution in [2.45, 2.75) is 25.9 Å². The molecule has 15 heavy (non-hydrogen) atoms. The van der Waals surface area contributed by atoms with E-state index in [2.05, 4.69) is 20.3 Å². The lowest BCUT2D eigenvalue weighted by molar-refractivity contribution is 0.164. The zero-order valence-electron chi connectivity index (χ0n) is 8.44. The first-order valence-electron chi connectivity index (χ1n) is 4.70. The summed E-state index contributed by atoms with van der Waals surface area (Å²) in [6.07, 6.45) is 1.04. The summed E-state index contributed by atoms with van der Waals surface area (Å²) < 4.78 is 0. The molecule has 0 fully saturated rings. The number of halogens is 1. The first kappa shape index (κ1) is 11.9. The van der Waals surface area contributed by atoms with Gasteiger partial charge in [0, 0.05) is 6.54 Å². The van der Waals surface area contributed by atoms with Crippen molar-refractivity contribution in [3.63, 3.8) is 0 Å². The molecule has 0 radical (unpaired) electrons. The van der Waals surface area contributed by atoms with E-state index in [9.17, 15) is 5.11 Å². The Hall–Kier alpha value is -1.14. The number of nitrogens with two attached hydrogens (primary N) is 1. The SMILES string of the molecule is CCC(O)CCNc1nc(N)nc(Cl)n1. The molecular weight excluding hydrogens is 218 g/mol. The maximum Gasteiger partial charge on any atom is 0.228 e. The zero-order valence-corrected chi connectivity index (χ0v) is 9.20. The van der Waals surface area contributed by atoms with Crippen LogP contribution in [-0.4, -0.2) is 32.7 Å². The number of nitrogens with zero attached hydrogens (tertiary/aromatic N) is 3. The minimum atomic E-state index is -0.313. The van der Waals surface area contributed by atoms with Crippen LogP contribution in [0.5, 0.6) is 0 Å². The fourth-order valence-electron chi connectivity index (χ4n) is 0.999. The summed E-state index contributed by atoms with van der Waals surface area (Å²) in [5.74, 6) is 0.407. The van der Waals surface area contributed by atoms with Gasteiger partial charge in [-0.05, 0) is 24.4 Å². The van der Waals surface area contributed by atoms with Crippen LogP contribution in [0, 0.1) is 0 Å². The number of anilines is 2. The Morgan fingerprint density at radius 3 is 2.80 bits per heavy atom. The molecule has 0 bridgehead atoms. The Morgan fingerprint density at radius 2 is 2.20 bits per heavy atom. The smallest absolute Gasteiger partial charge is 0.228 e. The van der Waals surface area contributed by atoms with Crippen molar-refractivity contribution in [2.24, 2.45) is 0 Å². The van der Waals surface area contributed by atoms with Crippen molar-refractivity contribution in [3.8, 4) is 0 Å². The Balaban J connectivity index is 2.43. The first-order chi connectivity index (χ1) is 7.11. The van der Waals surface area contributed by atoms with Gasteiger partial charge in [-0.2, -0.15) is 15.0 Å². The number of aliphatic hydroxyl groups is 1. The molecule has 4 N–H and O–H groups in total. The fraction of sp³-hybridized carbons (Fsp3) is 0.625. The minimum absolute atomic E-state index is 0.0565. The van der Waals surface area contributed by atoms with Gasteiger partial charge >= 0.3 is 0 Å². The number of hydrogen-bond donors (Lipinski definition) is 3. The summed E-state index contributed by atoms with van der Waals surface area (Å²) in [5, 5.41) is 12.3. The van der Waals surface area contributed by atoms with E-state index in [4.69, 9.17) is 17.3 Å². The zero-order chi connectivity index (χ0) is 11.3.